The summed E-state index contributed by atoms with van der Waals surface area (Å²) in [5.41, 5.74) is 0.715. The highest BCUT2D eigenvalue weighted by Gasteiger charge is 2.34. The van der Waals surface area contributed by atoms with E-state index in [1.54, 1.807) is 42.5 Å². The Morgan fingerprint density at radius 3 is 2.47 bits per heavy atom. The van der Waals surface area contributed by atoms with Crippen LogP contribution in [0.3, 0.4) is 0 Å². The average Bonchev–Trinajstić information content (AvgIpc) is 3.21. The van der Waals surface area contributed by atoms with Gasteiger partial charge in [0.25, 0.3) is 11.8 Å². The van der Waals surface area contributed by atoms with Crippen LogP contribution in [-0.2, 0) is 19.6 Å². The third-order valence-corrected chi connectivity index (χ3v) is 5.99. The minimum atomic E-state index is -3.88. The van der Waals surface area contributed by atoms with Gasteiger partial charge in [-0.05, 0) is 66.8 Å². The molecule has 1 saturated heterocycles. The van der Waals surface area contributed by atoms with Crippen LogP contribution in [0.1, 0.15) is 5.76 Å². The number of furan rings is 1. The maximum Gasteiger partial charge on any atom is 0.270 e. The molecule has 8 nitrogen and oxygen atoms in total. The summed E-state index contributed by atoms with van der Waals surface area (Å²) in [5.74, 6) is -0.755. The largest absolute Gasteiger partial charge is 0.457 e. The van der Waals surface area contributed by atoms with E-state index in [-0.39, 0.29) is 21.3 Å². The molecular weight excluding hydrogens is 474 g/mol. The lowest BCUT2D eigenvalue weighted by Gasteiger charge is -2.28. The Hall–Kier alpha value is -3.31. The number of hydrogen-bond acceptors (Lipinski definition) is 6. The predicted molar refractivity (Wildman–Crippen MR) is 123 cm³/mol. The molecule has 0 saturated carbocycles. The van der Waals surface area contributed by atoms with E-state index in [1.165, 1.54) is 29.2 Å². The molecule has 1 fully saturated rings. The fourth-order valence-corrected chi connectivity index (χ4v) is 4.00. The van der Waals surface area contributed by atoms with Crippen molar-refractivity contribution in [1.82, 2.24) is 5.32 Å². The van der Waals surface area contributed by atoms with Crippen LogP contribution < -0.4 is 15.4 Å². The van der Waals surface area contributed by atoms with Gasteiger partial charge in [0.2, 0.25) is 10.0 Å². The van der Waals surface area contributed by atoms with Crippen molar-refractivity contribution in [2.24, 2.45) is 5.14 Å². The number of amides is 2. The van der Waals surface area contributed by atoms with Gasteiger partial charge in [0.1, 0.15) is 17.1 Å². The number of hydrogen-bond donors (Lipinski definition) is 2. The molecule has 0 unspecified atom stereocenters. The van der Waals surface area contributed by atoms with Gasteiger partial charge in [0, 0.05) is 10.6 Å². The molecule has 1 aliphatic heterocycles. The Kier molecular flexibility index (Phi) is 5.70. The number of primary sulfonamides is 1. The topological polar surface area (TPSA) is 123 Å². The number of carbonyl (C=O) groups excluding carboxylic acids is 2. The van der Waals surface area contributed by atoms with E-state index >= 15 is 0 Å². The molecule has 162 valence electrons. The maximum absolute atomic E-state index is 13.0. The Balaban J connectivity index is 1.67. The normalized spacial score (nSPS) is 15.9. The predicted octanol–water partition coefficient (Wildman–Crippen LogP) is 3.08. The van der Waals surface area contributed by atoms with Crippen molar-refractivity contribution in [2.75, 3.05) is 4.90 Å². The van der Waals surface area contributed by atoms with Gasteiger partial charge >= 0.3 is 0 Å². The molecule has 3 N–H and O–H groups in total. The molecule has 0 aliphatic carbocycles. The number of rotatable bonds is 4. The van der Waals surface area contributed by atoms with Gasteiger partial charge < -0.3 is 4.42 Å². The first-order valence-corrected chi connectivity index (χ1v) is 11.4. The Bertz CT molecular complexity index is 1390. The number of sulfonamides is 1. The van der Waals surface area contributed by atoms with Gasteiger partial charge in [-0.25, -0.2) is 13.6 Å². The Morgan fingerprint density at radius 2 is 1.78 bits per heavy atom. The van der Waals surface area contributed by atoms with Crippen LogP contribution in [0, 0.1) is 0 Å². The van der Waals surface area contributed by atoms with Crippen LogP contribution >= 0.6 is 23.8 Å². The second-order valence-corrected chi connectivity index (χ2v) is 9.09. The molecule has 2 heterocycles. The first-order chi connectivity index (χ1) is 15.1. The van der Waals surface area contributed by atoms with Gasteiger partial charge in [0.05, 0.1) is 10.6 Å². The zero-order chi connectivity index (χ0) is 23.0. The number of nitrogens with two attached hydrogens (primary N) is 1. The van der Waals surface area contributed by atoms with Gasteiger partial charge in [-0.2, -0.15) is 0 Å². The summed E-state index contributed by atoms with van der Waals surface area (Å²) in [6.45, 7) is 0. The van der Waals surface area contributed by atoms with Crippen LogP contribution in [0.2, 0.25) is 5.02 Å². The lowest BCUT2D eigenvalue weighted by molar-refractivity contribution is -0.122. The zero-order valence-corrected chi connectivity index (χ0v) is 18.5. The number of benzene rings is 2. The Morgan fingerprint density at radius 1 is 1.06 bits per heavy atom. The molecule has 3 aromatic rings. The van der Waals surface area contributed by atoms with Crippen LogP contribution in [0.15, 0.2) is 75.5 Å². The molecule has 4 rings (SSSR count). The molecular formula is C21H14ClN3O5S2. The average molecular weight is 488 g/mol. The highest BCUT2D eigenvalue weighted by molar-refractivity contribution is 7.89. The smallest absolute Gasteiger partial charge is 0.270 e. The van der Waals surface area contributed by atoms with Crippen molar-refractivity contribution in [1.29, 1.82) is 0 Å². The third kappa shape index (κ3) is 4.34. The van der Waals surface area contributed by atoms with E-state index in [4.69, 9.17) is 33.4 Å². The van der Waals surface area contributed by atoms with Crippen molar-refractivity contribution in [3.8, 4) is 11.3 Å². The summed E-state index contributed by atoms with van der Waals surface area (Å²) in [5, 5.41) is 8.08. The second kappa shape index (κ2) is 8.32. The number of carbonyl (C=O) groups is 2. The summed E-state index contributed by atoms with van der Waals surface area (Å²) in [6.07, 6.45) is 1.29. The lowest BCUT2D eigenvalue weighted by atomic mass is 10.1. The highest BCUT2D eigenvalue weighted by atomic mass is 35.5. The third-order valence-electron chi connectivity index (χ3n) is 4.55. The standard InChI is InChI=1S/C21H14ClN3O5S2/c22-13-4-6-14(7-5-13)25-20(27)17(19(26)24-21(25)31)11-15-8-9-18(30-15)12-2-1-3-16(10-12)32(23,28)29/h1-11H,(H2,23,28,29)(H,24,26,31). The molecule has 2 aromatic carbocycles. The fourth-order valence-electron chi connectivity index (χ4n) is 3.04. The van der Waals surface area contributed by atoms with E-state index in [0.717, 1.165) is 0 Å². The summed E-state index contributed by atoms with van der Waals surface area (Å²) in [6, 6.07) is 15.4. The summed E-state index contributed by atoms with van der Waals surface area (Å²) in [7, 11) is -3.88. The minimum Gasteiger partial charge on any atom is -0.457 e. The van der Waals surface area contributed by atoms with Gasteiger partial charge in [-0.3, -0.25) is 19.8 Å². The second-order valence-electron chi connectivity index (χ2n) is 6.71. The van der Waals surface area contributed by atoms with Crippen molar-refractivity contribution in [2.45, 2.75) is 4.90 Å². The summed E-state index contributed by atoms with van der Waals surface area (Å²) >= 11 is 11.1. The molecule has 0 atom stereocenters. The lowest BCUT2D eigenvalue weighted by Crippen LogP contribution is -2.54. The van der Waals surface area contributed by atoms with Crippen LogP contribution in [0.5, 0.6) is 0 Å². The number of nitrogens with zero attached hydrogens (tertiary/aromatic N) is 1. The molecule has 32 heavy (non-hydrogen) atoms. The number of thiocarbonyl (C=S) groups is 1. The van der Waals surface area contributed by atoms with Gasteiger partial charge in [0.15, 0.2) is 5.11 Å². The molecule has 0 spiro atoms. The highest BCUT2D eigenvalue weighted by Crippen LogP contribution is 2.27. The zero-order valence-electron chi connectivity index (χ0n) is 16.1. The van der Waals surface area contributed by atoms with E-state index < -0.39 is 21.8 Å². The summed E-state index contributed by atoms with van der Waals surface area (Å²) in [4.78, 5) is 26.6. The molecule has 1 aromatic heterocycles. The van der Waals surface area contributed by atoms with Crippen molar-refractivity contribution in [3.63, 3.8) is 0 Å². The number of anilines is 1. The van der Waals surface area contributed by atoms with Crippen LogP contribution in [-0.4, -0.2) is 25.3 Å². The molecule has 2 amide bonds. The molecule has 0 radical (unpaired) electrons. The van der Waals surface area contributed by atoms with Crippen LogP contribution in [0.25, 0.3) is 17.4 Å². The fraction of sp³-hybridized carbons (Fsp3) is 0. The minimum absolute atomic E-state index is 0.0561. The van der Waals surface area contributed by atoms with Gasteiger partial charge in [-0.15, -0.1) is 0 Å². The van der Waals surface area contributed by atoms with Gasteiger partial charge in [-0.1, -0.05) is 23.7 Å². The van der Waals surface area contributed by atoms with E-state index in [0.29, 0.717) is 22.0 Å². The molecule has 1 aliphatic rings. The number of halogens is 1. The maximum atomic E-state index is 13.0. The van der Waals surface area contributed by atoms with Crippen molar-refractivity contribution in [3.05, 3.63) is 77.0 Å². The van der Waals surface area contributed by atoms with Crippen molar-refractivity contribution >= 4 is 62.5 Å². The number of nitrogens with one attached hydrogen (secondary N) is 1. The quantitative estimate of drug-likeness (QED) is 0.331. The molecule has 0 bridgehead atoms. The summed E-state index contributed by atoms with van der Waals surface area (Å²) < 4.78 is 28.9. The first-order valence-electron chi connectivity index (χ1n) is 9.03. The SMILES string of the molecule is NS(=O)(=O)c1cccc(-c2ccc(C=C3C(=O)NC(=S)N(c4ccc(Cl)cc4)C3=O)o2)c1. The van der Waals surface area contributed by atoms with E-state index in [1.807, 2.05) is 0 Å². The van der Waals surface area contributed by atoms with Crippen molar-refractivity contribution < 1.29 is 22.4 Å². The van der Waals surface area contributed by atoms with Crippen LogP contribution in [0.4, 0.5) is 5.69 Å². The Labute approximate surface area is 193 Å². The van der Waals surface area contributed by atoms with E-state index in [9.17, 15) is 18.0 Å². The monoisotopic (exact) mass is 487 g/mol. The first kappa shape index (κ1) is 21.9. The van der Waals surface area contributed by atoms with E-state index in [2.05, 4.69) is 5.32 Å². The molecule has 11 heteroatoms.